The Morgan fingerprint density at radius 1 is 1.41 bits per heavy atom. The van der Waals surface area contributed by atoms with Crippen LogP contribution in [0.3, 0.4) is 0 Å². The predicted octanol–water partition coefficient (Wildman–Crippen LogP) is 2.73. The third-order valence-corrected chi connectivity index (χ3v) is 3.69. The maximum absolute atomic E-state index is 6.14. The normalized spacial score (nSPS) is 16.9. The zero-order valence-corrected chi connectivity index (χ0v) is 11.2. The van der Waals surface area contributed by atoms with Crippen LogP contribution in [0.15, 0.2) is 0 Å². The maximum atomic E-state index is 6.14. The summed E-state index contributed by atoms with van der Waals surface area (Å²) in [5, 5.41) is 7.96. The molecule has 1 heterocycles. The molecular weight excluding hydrogens is 212 g/mol. The monoisotopic (exact) mass is 236 g/mol. The summed E-state index contributed by atoms with van der Waals surface area (Å²) in [4.78, 5) is 0. The largest absolute Gasteiger partial charge is 0.394 e. The first kappa shape index (κ1) is 12.3. The molecule has 0 radical (unpaired) electrons. The molecule has 0 bridgehead atoms. The Morgan fingerprint density at radius 3 is 2.59 bits per heavy atom. The molecular formula is C13H24N4. The molecule has 0 aliphatic heterocycles. The average molecular weight is 236 g/mol. The highest BCUT2D eigenvalue weighted by atomic mass is 15.3. The number of nitrogen functional groups attached to an aromatic ring is 1. The molecule has 96 valence electrons. The lowest BCUT2D eigenvalue weighted by Gasteiger charge is -2.12. The van der Waals surface area contributed by atoms with Crippen LogP contribution in [0.4, 0.5) is 11.5 Å². The van der Waals surface area contributed by atoms with Crippen LogP contribution in [0.1, 0.15) is 51.1 Å². The van der Waals surface area contributed by atoms with Crippen LogP contribution < -0.4 is 11.1 Å². The molecule has 1 aromatic rings. The van der Waals surface area contributed by atoms with Gasteiger partial charge < -0.3 is 11.1 Å². The average Bonchev–Trinajstić information content (AvgIpc) is 2.86. The molecule has 0 saturated heterocycles. The molecule has 0 aromatic carbocycles. The van der Waals surface area contributed by atoms with Crippen molar-refractivity contribution in [2.45, 2.75) is 45.4 Å². The van der Waals surface area contributed by atoms with Crippen molar-refractivity contribution in [3.05, 3.63) is 5.69 Å². The van der Waals surface area contributed by atoms with Gasteiger partial charge >= 0.3 is 0 Å². The van der Waals surface area contributed by atoms with Crippen molar-refractivity contribution in [3.8, 4) is 0 Å². The lowest BCUT2D eigenvalue weighted by molar-refractivity contribution is 0.576. The van der Waals surface area contributed by atoms with E-state index in [1.54, 1.807) is 0 Å². The van der Waals surface area contributed by atoms with Gasteiger partial charge in [0.1, 0.15) is 5.82 Å². The fourth-order valence-corrected chi connectivity index (χ4v) is 2.65. The quantitative estimate of drug-likeness (QED) is 0.845. The van der Waals surface area contributed by atoms with Crippen molar-refractivity contribution < 1.29 is 0 Å². The summed E-state index contributed by atoms with van der Waals surface area (Å²) in [5.74, 6) is 2.18. The second kappa shape index (κ2) is 4.98. The van der Waals surface area contributed by atoms with E-state index in [2.05, 4.69) is 24.3 Å². The number of hydrogen-bond donors (Lipinski definition) is 2. The summed E-state index contributed by atoms with van der Waals surface area (Å²) >= 11 is 0. The fraction of sp³-hybridized carbons (Fsp3) is 0.769. The molecule has 1 aliphatic rings. The van der Waals surface area contributed by atoms with Crippen LogP contribution in [0.2, 0.25) is 0 Å². The summed E-state index contributed by atoms with van der Waals surface area (Å²) in [6.45, 7) is 5.28. The van der Waals surface area contributed by atoms with Crippen molar-refractivity contribution >= 4 is 11.5 Å². The van der Waals surface area contributed by atoms with E-state index in [4.69, 9.17) is 5.73 Å². The fourth-order valence-electron chi connectivity index (χ4n) is 2.65. The number of aromatic nitrogens is 2. The SMILES string of the molecule is CC(C)c1nn(C)c(NCC2CCCC2)c1N. The van der Waals surface area contributed by atoms with E-state index in [1.165, 1.54) is 25.7 Å². The summed E-state index contributed by atoms with van der Waals surface area (Å²) < 4.78 is 1.87. The highest BCUT2D eigenvalue weighted by Crippen LogP contribution is 2.29. The molecule has 3 N–H and O–H groups in total. The van der Waals surface area contributed by atoms with Gasteiger partial charge in [-0.3, -0.25) is 4.68 Å². The first-order valence-electron chi connectivity index (χ1n) is 6.65. The van der Waals surface area contributed by atoms with Gasteiger partial charge in [0.15, 0.2) is 0 Å². The first-order valence-corrected chi connectivity index (χ1v) is 6.65. The number of nitrogens with two attached hydrogens (primary N) is 1. The highest BCUT2D eigenvalue weighted by molar-refractivity contribution is 5.65. The minimum atomic E-state index is 0.378. The van der Waals surface area contributed by atoms with E-state index < -0.39 is 0 Å². The molecule has 1 saturated carbocycles. The third kappa shape index (κ3) is 2.56. The molecule has 0 atom stereocenters. The van der Waals surface area contributed by atoms with Crippen molar-refractivity contribution in [2.24, 2.45) is 13.0 Å². The smallest absolute Gasteiger partial charge is 0.147 e. The van der Waals surface area contributed by atoms with E-state index in [0.717, 1.165) is 29.7 Å². The standard InChI is InChI=1S/C13H24N4/c1-9(2)12-11(14)13(17(3)16-12)15-8-10-6-4-5-7-10/h9-10,15H,4-8,14H2,1-3H3. The predicted molar refractivity (Wildman–Crippen MR) is 72.2 cm³/mol. The Morgan fingerprint density at radius 2 is 2.06 bits per heavy atom. The molecule has 1 aromatic heterocycles. The van der Waals surface area contributed by atoms with Gasteiger partial charge in [-0.15, -0.1) is 0 Å². The summed E-state index contributed by atoms with van der Waals surface area (Å²) in [7, 11) is 1.96. The second-order valence-electron chi connectivity index (χ2n) is 5.46. The van der Waals surface area contributed by atoms with Crippen LogP contribution in [0, 0.1) is 5.92 Å². The van der Waals surface area contributed by atoms with Gasteiger partial charge in [-0.05, 0) is 24.7 Å². The number of hydrogen-bond acceptors (Lipinski definition) is 3. The Balaban J connectivity index is 2.04. The van der Waals surface area contributed by atoms with Crippen LogP contribution in [0.25, 0.3) is 0 Å². The van der Waals surface area contributed by atoms with Crippen LogP contribution >= 0.6 is 0 Å². The van der Waals surface area contributed by atoms with E-state index in [0.29, 0.717) is 5.92 Å². The molecule has 1 aliphatic carbocycles. The van der Waals surface area contributed by atoms with Gasteiger partial charge in [0.25, 0.3) is 0 Å². The summed E-state index contributed by atoms with van der Waals surface area (Å²) in [6, 6.07) is 0. The Labute approximate surface area is 104 Å². The van der Waals surface area contributed by atoms with Crippen molar-refractivity contribution in [1.29, 1.82) is 0 Å². The van der Waals surface area contributed by atoms with E-state index in [-0.39, 0.29) is 0 Å². The highest BCUT2D eigenvalue weighted by Gasteiger charge is 2.18. The van der Waals surface area contributed by atoms with Gasteiger partial charge in [-0.2, -0.15) is 5.10 Å². The maximum Gasteiger partial charge on any atom is 0.147 e. The number of anilines is 2. The third-order valence-electron chi connectivity index (χ3n) is 3.69. The van der Waals surface area contributed by atoms with Crippen molar-refractivity contribution in [1.82, 2.24) is 9.78 Å². The van der Waals surface area contributed by atoms with Crippen LogP contribution in [0.5, 0.6) is 0 Å². The van der Waals surface area contributed by atoms with Crippen molar-refractivity contribution in [3.63, 3.8) is 0 Å². The second-order valence-corrected chi connectivity index (χ2v) is 5.46. The summed E-state index contributed by atoms with van der Waals surface area (Å²) in [6.07, 6.45) is 5.46. The van der Waals surface area contributed by atoms with E-state index in [1.807, 2.05) is 11.7 Å². The topological polar surface area (TPSA) is 55.9 Å². The molecule has 0 spiro atoms. The Kier molecular flexibility index (Phi) is 3.60. The molecule has 1 fully saturated rings. The van der Waals surface area contributed by atoms with E-state index >= 15 is 0 Å². The molecule has 17 heavy (non-hydrogen) atoms. The van der Waals surface area contributed by atoms with Gasteiger partial charge in [0, 0.05) is 13.6 Å². The molecule has 4 heteroatoms. The molecule has 4 nitrogen and oxygen atoms in total. The zero-order valence-electron chi connectivity index (χ0n) is 11.2. The minimum Gasteiger partial charge on any atom is -0.394 e. The van der Waals surface area contributed by atoms with Gasteiger partial charge in [-0.1, -0.05) is 26.7 Å². The van der Waals surface area contributed by atoms with Crippen LogP contribution in [-0.4, -0.2) is 16.3 Å². The Hall–Kier alpha value is -1.19. The van der Waals surface area contributed by atoms with Gasteiger partial charge in [0.05, 0.1) is 11.4 Å². The number of nitrogens with zero attached hydrogens (tertiary/aromatic N) is 2. The molecule has 0 unspecified atom stereocenters. The Bertz CT molecular complexity index is 375. The summed E-state index contributed by atoms with van der Waals surface area (Å²) in [5.41, 5.74) is 7.97. The lowest BCUT2D eigenvalue weighted by Crippen LogP contribution is -2.14. The van der Waals surface area contributed by atoms with Gasteiger partial charge in [0.2, 0.25) is 0 Å². The van der Waals surface area contributed by atoms with E-state index in [9.17, 15) is 0 Å². The first-order chi connectivity index (χ1) is 8.09. The number of nitrogens with one attached hydrogen (secondary N) is 1. The van der Waals surface area contributed by atoms with Crippen molar-refractivity contribution in [2.75, 3.05) is 17.6 Å². The number of rotatable bonds is 4. The molecule has 0 amide bonds. The zero-order chi connectivity index (χ0) is 12.4. The minimum absolute atomic E-state index is 0.378. The molecule has 2 rings (SSSR count). The van der Waals surface area contributed by atoms with Gasteiger partial charge in [-0.25, -0.2) is 0 Å². The van der Waals surface area contributed by atoms with Crippen LogP contribution in [-0.2, 0) is 7.05 Å². The number of aryl methyl sites for hydroxylation is 1. The lowest BCUT2D eigenvalue weighted by atomic mass is 10.1.